The third kappa shape index (κ3) is 5.80. The van der Waals surface area contributed by atoms with E-state index in [4.69, 9.17) is 9.72 Å². The monoisotopic (exact) mass is 511 g/mol. The largest absolute Gasteiger partial charge is 0.395 e. The molecule has 11 heteroatoms. The summed E-state index contributed by atoms with van der Waals surface area (Å²) >= 11 is 0. The van der Waals surface area contributed by atoms with Crippen LogP contribution in [0.1, 0.15) is 24.1 Å². The van der Waals surface area contributed by atoms with Gasteiger partial charge in [0.2, 0.25) is 0 Å². The minimum Gasteiger partial charge on any atom is -0.395 e. The molecule has 0 saturated carbocycles. The average Bonchev–Trinajstić information content (AvgIpc) is 3.26. The highest BCUT2D eigenvalue weighted by Gasteiger charge is 2.19. The number of ether oxygens (including phenoxy) is 1. The zero-order chi connectivity index (χ0) is 25.9. The fourth-order valence-corrected chi connectivity index (χ4v) is 4.68. The molecule has 192 valence electrons. The lowest BCUT2D eigenvalue weighted by Crippen LogP contribution is -2.22. The molecule has 9 nitrogen and oxygen atoms in total. The van der Waals surface area contributed by atoms with Crippen molar-refractivity contribution < 1.29 is 14.2 Å². The maximum absolute atomic E-state index is 14.1. The van der Waals surface area contributed by atoms with Gasteiger partial charge < -0.3 is 20.5 Å². The van der Waals surface area contributed by atoms with Crippen LogP contribution in [0.4, 0.5) is 16.0 Å². The molecule has 0 aliphatic heterocycles. The van der Waals surface area contributed by atoms with E-state index in [2.05, 4.69) is 45.2 Å². The number of nitrogens with one attached hydrogen (secondary N) is 2. The molecule has 0 saturated heterocycles. The van der Waals surface area contributed by atoms with Crippen LogP contribution in [0.2, 0.25) is 25.7 Å². The number of hydrogen-bond donors (Lipinski definition) is 3. The highest BCUT2D eigenvalue weighted by Crippen LogP contribution is 2.31. The fourth-order valence-electron chi connectivity index (χ4n) is 3.92. The molecule has 3 aromatic heterocycles. The van der Waals surface area contributed by atoms with E-state index in [1.165, 1.54) is 12.4 Å². The van der Waals surface area contributed by atoms with Gasteiger partial charge in [0.25, 0.3) is 0 Å². The molecule has 4 rings (SSSR count). The summed E-state index contributed by atoms with van der Waals surface area (Å²) in [6.07, 6.45) is 3.22. The Morgan fingerprint density at radius 2 is 1.94 bits per heavy atom. The third-order valence-corrected chi connectivity index (χ3v) is 7.76. The molecule has 1 unspecified atom stereocenters. The summed E-state index contributed by atoms with van der Waals surface area (Å²) in [6.45, 7) is 12.1. The van der Waals surface area contributed by atoms with Crippen molar-refractivity contribution in [1.82, 2.24) is 24.5 Å². The van der Waals surface area contributed by atoms with E-state index in [0.29, 0.717) is 53.8 Å². The van der Waals surface area contributed by atoms with Crippen LogP contribution in [0, 0.1) is 12.7 Å². The van der Waals surface area contributed by atoms with E-state index in [0.717, 1.165) is 17.0 Å². The summed E-state index contributed by atoms with van der Waals surface area (Å²) < 4.78 is 21.9. The van der Waals surface area contributed by atoms with Gasteiger partial charge in [-0.25, -0.2) is 24.3 Å². The summed E-state index contributed by atoms with van der Waals surface area (Å²) in [5, 5.41) is 16.8. The molecule has 3 heterocycles. The van der Waals surface area contributed by atoms with Gasteiger partial charge in [0.1, 0.15) is 24.7 Å². The molecular weight excluding hydrogens is 477 g/mol. The number of aliphatic hydroxyl groups is 1. The summed E-state index contributed by atoms with van der Waals surface area (Å²) in [5.41, 5.74) is 3.28. The second kappa shape index (κ2) is 10.9. The van der Waals surface area contributed by atoms with Crippen LogP contribution < -0.4 is 10.6 Å². The van der Waals surface area contributed by atoms with Crippen molar-refractivity contribution in [1.29, 1.82) is 0 Å². The Balaban J connectivity index is 1.59. The topological polar surface area (TPSA) is 110 Å². The summed E-state index contributed by atoms with van der Waals surface area (Å²) in [7, 11) is -1.16. The van der Waals surface area contributed by atoms with E-state index >= 15 is 0 Å². The van der Waals surface area contributed by atoms with Crippen molar-refractivity contribution in [2.24, 2.45) is 0 Å². The van der Waals surface area contributed by atoms with Crippen molar-refractivity contribution in [3.05, 3.63) is 47.8 Å². The minimum atomic E-state index is -1.16. The highest BCUT2D eigenvalue weighted by atomic mass is 28.3. The Bertz CT molecular complexity index is 1360. The van der Waals surface area contributed by atoms with Crippen LogP contribution in [0.25, 0.3) is 22.1 Å². The predicted octanol–water partition coefficient (Wildman–Crippen LogP) is 4.71. The molecule has 0 bridgehead atoms. The van der Waals surface area contributed by atoms with E-state index in [-0.39, 0.29) is 18.5 Å². The number of aryl methyl sites for hydroxylation is 1. The Labute approximate surface area is 211 Å². The maximum Gasteiger partial charge on any atom is 0.167 e. The number of pyridine rings is 1. The normalized spacial score (nSPS) is 12.9. The Kier molecular flexibility index (Phi) is 7.81. The number of imidazole rings is 1. The number of halogens is 1. The smallest absolute Gasteiger partial charge is 0.167 e. The van der Waals surface area contributed by atoms with Gasteiger partial charge in [0.15, 0.2) is 17.0 Å². The number of rotatable bonds is 11. The van der Waals surface area contributed by atoms with Gasteiger partial charge in [0, 0.05) is 37.7 Å². The molecule has 4 aromatic rings. The van der Waals surface area contributed by atoms with Crippen molar-refractivity contribution in [2.45, 2.75) is 52.3 Å². The van der Waals surface area contributed by atoms with E-state index < -0.39 is 8.07 Å². The third-order valence-electron chi connectivity index (χ3n) is 6.06. The van der Waals surface area contributed by atoms with Crippen molar-refractivity contribution in [2.75, 3.05) is 30.4 Å². The highest BCUT2D eigenvalue weighted by molar-refractivity contribution is 6.76. The molecule has 1 aromatic carbocycles. The van der Waals surface area contributed by atoms with E-state index in [1.54, 1.807) is 19.3 Å². The maximum atomic E-state index is 14.1. The standard InChI is InChI=1S/C25H34FN7O2Si/c1-16-20(26)7-6-18-12-19(23(27-8-9-34)32-21(16)18)17(2)31-24-22-25(29-13-28-24)33(14-30-22)15-35-10-11-36(3,4)5/h6-7,12-14,17,34H,8-11,15H2,1-5H3,(H,27,32)(H,28,29,31). The lowest BCUT2D eigenvalue weighted by Gasteiger charge is -2.20. The fraction of sp³-hybridized carbons (Fsp3) is 0.440. The molecule has 0 aliphatic rings. The minimum absolute atomic E-state index is 0.0485. The van der Waals surface area contributed by atoms with Gasteiger partial charge >= 0.3 is 0 Å². The Morgan fingerprint density at radius 1 is 1.14 bits per heavy atom. The number of nitrogens with zero attached hydrogens (tertiary/aromatic N) is 5. The molecule has 0 spiro atoms. The van der Waals surface area contributed by atoms with Crippen LogP contribution in [-0.2, 0) is 11.5 Å². The quantitative estimate of drug-likeness (QED) is 0.196. The number of anilines is 2. The van der Waals surface area contributed by atoms with Gasteiger partial charge in [0.05, 0.1) is 24.5 Å². The number of aromatic nitrogens is 5. The first-order valence-electron chi connectivity index (χ1n) is 12.1. The summed E-state index contributed by atoms with van der Waals surface area (Å²) in [6, 6.07) is 6.04. The summed E-state index contributed by atoms with van der Waals surface area (Å²) in [5.74, 6) is 0.874. The molecule has 0 aliphatic carbocycles. The molecule has 0 radical (unpaired) electrons. The van der Waals surface area contributed by atoms with Crippen LogP contribution in [0.15, 0.2) is 30.9 Å². The van der Waals surface area contributed by atoms with Gasteiger partial charge in [-0.1, -0.05) is 19.6 Å². The van der Waals surface area contributed by atoms with Crippen LogP contribution in [0.3, 0.4) is 0 Å². The van der Waals surface area contributed by atoms with E-state index in [1.807, 2.05) is 17.6 Å². The van der Waals surface area contributed by atoms with Crippen LogP contribution in [0.5, 0.6) is 0 Å². The number of fused-ring (bicyclic) bond motifs is 2. The summed E-state index contributed by atoms with van der Waals surface area (Å²) in [4.78, 5) is 18.1. The van der Waals surface area contributed by atoms with E-state index in [9.17, 15) is 9.50 Å². The zero-order valence-corrected chi connectivity index (χ0v) is 22.5. The van der Waals surface area contributed by atoms with Gasteiger partial charge in [-0.3, -0.25) is 4.57 Å². The Hall–Kier alpha value is -3.15. The first kappa shape index (κ1) is 25.9. The SMILES string of the molecule is Cc1c(F)ccc2cc(C(C)Nc3ncnc4c3ncn4COCC[Si](C)(C)C)c(NCCO)nc12. The average molecular weight is 512 g/mol. The Morgan fingerprint density at radius 3 is 2.69 bits per heavy atom. The number of benzene rings is 1. The van der Waals surface area contributed by atoms with Gasteiger partial charge in [-0.15, -0.1) is 0 Å². The lowest BCUT2D eigenvalue weighted by molar-refractivity contribution is 0.0895. The zero-order valence-electron chi connectivity index (χ0n) is 21.5. The van der Waals surface area contributed by atoms with Crippen molar-refractivity contribution >= 4 is 41.8 Å². The van der Waals surface area contributed by atoms with Crippen LogP contribution >= 0.6 is 0 Å². The first-order chi connectivity index (χ1) is 17.2. The predicted molar refractivity (Wildman–Crippen MR) is 143 cm³/mol. The molecule has 3 N–H and O–H groups in total. The number of aliphatic hydroxyl groups excluding tert-OH is 1. The molecule has 36 heavy (non-hydrogen) atoms. The lowest BCUT2D eigenvalue weighted by atomic mass is 10.0. The first-order valence-corrected chi connectivity index (χ1v) is 15.8. The molecule has 1 atom stereocenters. The molecular formula is C25H34FN7O2Si. The van der Waals surface area contributed by atoms with Crippen LogP contribution in [-0.4, -0.2) is 57.4 Å². The van der Waals surface area contributed by atoms with Crippen molar-refractivity contribution in [3.63, 3.8) is 0 Å². The van der Waals surface area contributed by atoms with Gasteiger partial charge in [-0.05, 0) is 38.1 Å². The molecule has 0 fully saturated rings. The molecule has 0 amide bonds. The number of hydrogen-bond acceptors (Lipinski definition) is 8. The second-order valence-electron chi connectivity index (χ2n) is 10.1. The van der Waals surface area contributed by atoms with Gasteiger partial charge in [-0.2, -0.15) is 0 Å². The van der Waals surface area contributed by atoms with Crippen molar-refractivity contribution in [3.8, 4) is 0 Å². The second-order valence-corrected chi connectivity index (χ2v) is 15.8.